The average Bonchev–Trinajstić information content (AvgIpc) is 2.51. The summed E-state index contributed by atoms with van der Waals surface area (Å²) in [5.74, 6) is 0.802. The molecule has 1 atom stereocenters. The van der Waals surface area contributed by atoms with E-state index in [0.717, 1.165) is 12.3 Å². The quantitative estimate of drug-likeness (QED) is 0.814. The standard InChI is InChI=1S/C15H29NO/c1-15(2,14(17)12-13-8-7-9-13)16-10-5-3-4-6-11-16/h13-14,17H,3-12H2,1-2H3. The molecule has 0 aromatic heterocycles. The molecule has 1 heterocycles. The molecule has 17 heavy (non-hydrogen) atoms. The van der Waals surface area contributed by atoms with Gasteiger partial charge in [0.1, 0.15) is 0 Å². The first-order valence-electron chi connectivity index (χ1n) is 7.54. The Kier molecular flexibility index (Phi) is 4.48. The molecule has 1 aliphatic carbocycles. The minimum atomic E-state index is -0.147. The molecule has 0 spiro atoms. The van der Waals surface area contributed by atoms with Gasteiger partial charge < -0.3 is 5.11 Å². The van der Waals surface area contributed by atoms with Crippen molar-refractivity contribution in [2.24, 2.45) is 5.92 Å². The number of rotatable bonds is 4. The second-order valence-corrected chi connectivity index (χ2v) is 6.60. The summed E-state index contributed by atoms with van der Waals surface area (Å²) < 4.78 is 0. The normalized spacial score (nSPS) is 26.3. The maximum absolute atomic E-state index is 10.5. The molecule has 100 valence electrons. The van der Waals surface area contributed by atoms with Gasteiger partial charge >= 0.3 is 0 Å². The fourth-order valence-corrected chi connectivity index (χ4v) is 3.19. The van der Waals surface area contributed by atoms with Crippen LogP contribution in [-0.4, -0.2) is 34.7 Å². The number of hydrogen-bond donors (Lipinski definition) is 1. The first-order valence-corrected chi connectivity index (χ1v) is 7.54. The molecule has 2 fully saturated rings. The van der Waals surface area contributed by atoms with Gasteiger partial charge in [-0.25, -0.2) is 0 Å². The van der Waals surface area contributed by atoms with Crippen molar-refractivity contribution < 1.29 is 5.11 Å². The first-order chi connectivity index (χ1) is 8.10. The number of likely N-dealkylation sites (tertiary alicyclic amines) is 1. The molecule has 2 heteroatoms. The van der Waals surface area contributed by atoms with Crippen LogP contribution in [-0.2, 0) is 0 Å². The van der Waals surface area contributed by atoms with Crippen molar-refractivity contribution in [2.45, 2.75) is 76.9 Å². The van der Waals surface area contributed by atoms with Gasteiger partial charge in [0, 0.05) is 5.54 Å². The van der Waals surface area contributed by atoms with Crippen LogP contribution >= 0.6 is 0 Å². The van der Waals surface area contributed by atoms with Crippen LogP contribution in [0.2, 0.25) is 0 Å². The first kappa shape index (κ1) is 13.4. The van der Waals surface area contributed by atoms with Crippen LogP contribution in [0.3, 0.4) is 0 Å². The van der Waals surface area contributed by atoms with Crippen molar-refractivity contribution in [1.82, 2.24) is 4.90 Å². The minimum Gasteiger partial charge on any atom is -0.391 e. The number of nitrogens with zero attached hydrogens (tertiary/aromatic N) is 1. The fraction of sp³-hybridized carbons (Fsp3) is 1.00. The molecule has 0 amide bonds. The molecule has 0 bridgehead atoms. The van der Waals surface area contributed by atoms with Gasteiger partial charge in [-0.05, 0) is 52.1 Å². The maximum atomic E-state index is 10.5. The SMILES string of the molecule is CC(C)(C(O)CC1CCC1)N1CCCCCC1. The Morgan fingerprint density at radius 1 is 1.06 bits per heavy atom. The van der Waals surface area contributed by atoms with Crippen LogP contribution in [0.15, 0.2) is 0 Å². The molecule has 2 aliphatic rings. The van der Waals surface area contributed by atoms with Gasteiger partial charge in [-0.1, -0.05) is 32.1 Å². The Bertz CT molecular complexity index is 227. The number of hydrogen-bond acceptors (Lipinski definition) is 2. The Balaban J connectivity index is 1.89. The molecule has 1 aliphatic heterocycles. The predicted molar refractivity (Wildman–Crippen MR) is 72.1 cm³/mol. The third-order valence-electron chi connectivity index (χ3n) is 5.02. The summed E-state index contributed by atoms with van der Waals surface area (Å²) in [5, 5.41) is 10.5. The van der Waals surface area contributed by atoms with Gasteiger partial charge in [-0.3, -0.25) is 4.90 Å². The van der Waals surface area contributed by atoms with Crippen molar-refractivity contribution >= 4 is 0 Å². The zero-order valence-corrected chi connectivity index (χ0v) is 11.6. The molecule has 1 unspecified atom stereocenters. The van der Waals surface area contributed by atoms with Crippen molar-refractivity contribution in [2.75, 3.05) is 13.1 Å². The molecule has 2 rings (SSSR count). The summed E-state index contributed by atoms with van der Waals surface area (Å²) >= 11 is 0. The van der Waals surface area contributed by atoms with Gasteiger partial charge in [-0.2, -0.15) is 0 Å². The van der Waals surface area contributed by atoms with Crippen LogP contribution in [0.5, 0.6) is 0 Å². The second-order valence-electron chi connectivity index (χ2n) is 6.60. The van der Waals surface area contributed by atoms with E-state index in [2.05, 4.69) is 18.7 Å². The molecule has 1 N–H and O–H groups in total. The largest absolute Gasteiger partial charge is 0.391 e. The van der Waals surface area contributed by atoms with Crippen LogP contribution < -0.4 is 0 Å². The lowest BCUT2D eigenvalue weighted by Gasteiger charge is -2.43. The van der Waals surface area contributed by atoms with Crippen LogP contribution in [0.25, 0.3) is 0 Å². The highest BCUT2D eigenvalue weighted by Crippen LogP contribution is 2.34. The van der Waals surface area contributed by atoms with E-state index in [1.165, 1.54) is 58.0 Å². The summed E-state index contributed by atoms with van der Waals surface area (Å²) in [7, 11) is 0. The summed E-state index contributed by atoms with van der Waals surface area (Å²) in [5.41, 5.74) is -0.0278. The third kappa shape index (κ3) is 3.23. The third-order valence-corrected chi connectivity index (χ3v) is 5.02. The summed E-state index contributed by atoms with van der Waals surface area (Å²) in [6.07, 6.45) is 10.3. The zero-order chi connectivity index (χ0) is 12.3. The highest BCUT2D eigenvalue weighted by atomic mass is 16.3. The maximum Gasteiger partial charge on any atom is 0.0721 e. The summed E-state index contributed by atoms with van der Waals surface area (Å²) in [6, 6.07) is 0. The molecule has 1 saturated carbocycles. The van der Waals surface area contributed by atoms with E-state index < -0.39 is 0 Å². The van der Waals surface area contributed by atoms with Crippen LogP contribution in [0.4, 0.5) is 0 Å². The van der Waals surface area contributed by atoms with E-state index in [-0.39, 0.29) is 11.6 Å². The second kappa shape index (κ2) is 5.71. The van der Waals surface area contributed by atoms with Gasteiger partial charge in [0.05, 0.1) is 6.10 Å². The molecule has 1 saturated heterocycles. The lowest BCUT2D eigenvalue weighted by Crippen LogP contribution is -2.53. The molecular weight excluding hydrogens is 210 g/mol. The van der Waals surface area contributed by atoms with E-state index >= 15 is 0 Å². The monoisotopic (exact) mass is 239 g/mol. The van der Waals surface area contributed by atoms with Crippen LogP contribution in [0, 0.1) is 5.92 Å². The molecule has 2 nitrogen and oxygen atoms in total. The molecular formula is C15H29NO. The Morgan fingerprint density at radius 2 is 1.65 bits per heavy atom. The van der Waals surface area contributed by atoms with Gasteiger partial charge in [0.15, 0.2) is 0 Å². The van der Waals surface area contributed by atoms with Crippen molar-refractivity contribution in [3.05, 3.63) is 0 Å². The topological polar surface area (TPSA) is 23.5 Å². The minimum absolute atomic E-state index is 0.0278. The molecule has 0 aromatic carbocycles. The lowest BCUT2D eigenvalue weighted by molar-refractivity contribution is -0.0271. The van der Waals surface area contributed by atoms with E-state index in [0.29, 0.717) is 0 Å². The number of aliphatic hydroxyl groups excluding tert-OH is 1. The van der Waals surface area contributed by atoms with Crippen molar-refractivity contribution in [3.8, 4) is 0 Å². The highest BCUT2D eigenvalue weighted by Gasteiger charge is 2.36. The Hall–Kier alpha value is -0.0800. The van der Waals surface area contributed by atoms with E-state index in [1.807, 2.05) is 0 Å². The van der Waals surface area contributed by atoms with Crippen molar-refractivity contribution in [1.29, 1.82) is 0 Å². The Morgan fingerprint density at radius 3 is 2.12 bits per heavy atom. The Labute approximate surface area is 106 Å². The molecule has 0 aromatic rings. The highest BCUT2D eigenvalue weighted by molar-refractivity contribution is 4.91. The smallest absolute Gasteiger partial charge is 0.0721 e. The fourth-order valence-electron chi connectivity index (χ4n) is 3.19. The van der Waals surface area contributed by atoms with E-state index in [4.69, 9.17) is 0 Å². The van der Waals surface area contributed by atoms with Crippen LogP contribution in [0.1, 0.15) is 65.2 Å². The average molecular weight is 239 g/mol. The summed E-state index contributed by atoms with van der Waals surface area (Å²) in [4.78, 5) is 2.53. The lowest BCUT2D eigenvalue weighted by atomic mass is 9.77. The zero-order valence-electron chi connectivity index (χ0n) is 11.6. The van der Waals surface area contributed by atoms with Gasteiger partial charge in [0.2, 0.25) is 0 Å². The molecule has 0 radical (unpaired) electrons. The summed E-state index contributed by atoms with van der Waals surface area (Å²) in [6.45, 7) is 6.83. The number of aliphatic hydroxyl groups is 1. The van der Waals surface area contributed by atoms with Crippen molar-refractivity contribution in [3.63, 3.8) is 0 Å². The van der Waals surface area contributed by atoms with E-state index in [1.54, 1.807) is 0 Å². The van der Waals surface area contributed by atoms with E-state index in [9.17, 15) is 5.11 Å². The predicted octanol–water partition coefficient (Wildman–Crippen LogP) is 3.19. The van der Waals surface area contributed by atoms with Gasteiger partial charge in [0.25, 0.3) is 0 Å². The van der Waals surface area contributed by atoms with Gasteiger partial charge in [-0.15, -0.1) is 0 Å².